The number of nitrogens with zero attached hydrogens (tertiary/aromatic N) is 3. The van der Waals surface area contributed by atoms with Crippen molar-refractivity contribution in [1.29, 1.82) is 0 Å². The second-order valence-electron chi connectivity index (χ2n) is 5.42. The third-order valence-corrected chi connectivity index (χ3v) is 4.50. The van der Waals surface area contributed by atoms with Crippen molar-refractivity contribution in [2.24, 2.45) is 16.6 Å². The molecule has 1 aromatic heterocycles. The van der Waals surface area contributed by atoms with Crippen molar-refractivity contribution < 1.29 is 0 Å². The molecular formula is C14H24N4S. The number of aromatic nitrogens is 1. The van der Waals surface area contributed by atoms with E-state index in [1.54, 1.807) is 11.3 Å². The summed E-state index contributed by atoms with van der Waals surface area (Å²) in [7, 11) is 0. The Kier molecular flexibility index (Phi) is 5.19. The van der Waals surface area contributed by atoms with Crippen molar-refractivity contribution in [2.45, 2.75) is 39.5 Å². The Hall–Kier alpha value is -1.10. The van der Waals surface area contributed by atoms with Gasteiger partial charge in [0.15, 0.2) is 5.96 Å². The van der Waals surface area contributed by atoms with Gasteiger partial charge in [0.25, 0.3) is 0 Å². The molecule has 19 heavy (non-hydrogen) atoms. The van der Waals surface area contributed by atoms with Gasteiger partial charge in [-0.15, -0.1) is 11.3 Å². The van der Waals surface area contributed by atoms with Crippen LogP contribution in [-0.2, 0) is 6.42 Å². The number of likely N-dealkylation sites (tertiary alicyclic amines) is 1. The lowest BCUT2D eigenvalue weighted by Crippen LogP contribution is -2.43. The molecule has 2 heterocycles. The number of piperidine rings is 1. The number of hydrogen-bond donors (Lipinski definition) is 1. The average Bonchev–Trinajstić information content (AvgIpc) is 2.80. The van der Waals surface area contributed by atoms with E-state index < -0.39 is 0 Å². The van der Waals surface area contributed by atoms with Gasteiger partial charge in [0.05, 0.1) is 5.01 Å². The number of rotatable bonds is 4. The van der Waals surface area contributed by atoms with E-state index in [9.17, 15) is 0 Å². The number of thiazole rings is 1. The molecular weight excluding hydrogens is 256 g/mol. The molecule has 2 rings (SSSR count). The summed E-state index contributed by atoms with van der Waals surface area (Å²) in [5, 5.41) is 3.31. The number of nitrogens with two attached hydrogens (primary N) is 1. The topological polar surface area (TPSA) is 54.5 Å². The second kappa shape index (κ2) is 6.89. The fraction of sp³-hybridized carbons (Fsp3) is 0.714. The minimum Gasteiger partial charge on any atom is -0.370 e. The van der Waals surface area contributed by atoms with E-state index in [0.717, 1.165) is 50.0 Å². The lowest BCUT2D eigenvalue weighted by Gasteiger charge is -2.31. The highest BCUT2D eigenvalue weighted by molar-refractivity contribution is 7.09. The Morgan fingerprint density at radius 2 is 2.47 bits per heavy atom. The molecule has 2 N–H and O–H groups in total. The molecule has 0 aromatic carbocycles. The van der Waals surface area contributed by atoms with E-state index in [4.69, 9.17) is 5.73 Å². The Bertz CT molecular complexity index is 427. The molecule has 1 aliphatic rings. The molecule has 4 nitrogen and oxygen atoms in total. The molecule has 0 bridgehead atoms. The fourth-order valence-electron chi connectivity index (χ4n) is 2.44. The minimum absolute atomic E-state index is 0.724. The van der Waals surface area contributed by atoms with Gasteiger partial charge in [0.2, 0.25) is 0 Å². The predicted octanol–water partition coefficient (Wildman–Crippen LogP) is 2.43. The first-order valence-corrected chi connectivity index (χ1v) is 7.99. The van der Waals surface area contributed by atoms with Gasteiger partial charge in [-0.25, -0.2) is 4.98 Å². The maximum Gasteiger partial charge on any atom is 0.191 e. The van der Waals surface area contributed by atoms with Crippen molar-refractivity contribution in [3.8, 4) is 0 Å². The second-order valence-corrected chi connectivity index (χ2v) is 6.36. The van der Waals surface area contributed by atoms with E-state index in [0.29, 0.717) is 0 Å². The van der Waals surface area contributed by atoms with Gasteiger partial charge >= 0.3 is 0 Å². The largest absolute Gasteiger partial charge is 0.370 e. The van der Waals surface area contributed by atoms with E-state index in [1.165, 1.54) is 17.8 Å². The van der Waals surface area contributed by atoms with Crippen molar-refractivity contribution in [1.82, 2.24) is 9.88 Å². The van der Waals surface area contributed by atoms with Gasteiger partial charge in [-0.3, -0.25) is 4.99 Å². The molecule has 0 radical (unpaired) electrons. The van der Waals surface area contributed by atoms with Crippen molar-refractivity contribution >= 4 is 17.3 Å². The molecule has 1 aromatic rings. The van der Waals surface area contributed by atoms with Gasteiger partial charge in [-0.2, -0.15) is 0 Å². The Balaban J connectivity index is 1.72. The minimum atomic E-state index is 0.724. The quantitative estimate of drug-likeness (QED) is 0.523. The van der Waals surface area contributed by atoms with Gasteiger partial charge in [0.1, 0.15) is 0 Å². The molecule has 1 saturated heterocycles. The SMILES string of the molecule is Cc1csc(CCCN=C(N)N2CCCC(C)C2)n1. The van der Waals surface area contributed by atoms with Gasteiger partial charge < -0.3 is 10.6 Å². The maximum atomic E-state index is 6.06. The van der Waals surface area contributed by atoms with Gasteiger partial charge in [0, 0.05) is 37.1 Å². The Morgan fingerprint density at radius 3 is 3.16 bits per heavy atom. The van der Waals surface area contributed by atoms with Crippen LogP contribution in [0.15, 0.2) is 10.4 Å². The van der Waals surface area contributed by atoms with E-state index in [2.05, 4.69) is 27.2 Å². The monoisotopic (exact) mass is 280 g/mol. The number of hydrogen-bond acceptors (Lipinski definition) is 3. The molecule has 1 atom stereocenters. The van der Waals surface area contributed by atoms with Crippen molar-refractivity contribution in [3.63, 3.8) is 0 Å². The molecule has 1 aliphatic heterocycles. The summed E-state index contributed by atoms with van der Waals surface area (Å²) in [4.78, 5) is 11.2. The summed E-state index contributed by atoms with van der Waals surface area (Å²) in [5.74, 6) is 1.46. The predicted molar refractivity (Wildman–Crippen MR) is 81.6 cm³/mol. The van der Waals surface area contributed by atoms with E-state index in [1.807, 2.05) is 6.92 Å². The number of aliphatic imine (C=N–C) groups is 1. The van der Waals surface area contributed by atoms with Crippen LogP contribution in [-0.4, -0.2) is 35.5 Å². The summed E-state index contributed by atoms with van der Waals surface area (Å²) < 4.78 is 0. The third-order valence-electron chi connectivity index (χ3n) is 3.47. The van der Waals surface area contributed by atoms with Crippen LogP contribution < -0.4 is 5.73 Å². The molecule has 0 spiro atoms. The average molecular weight is 280 g/mol. The first-order chi connectivity index (χ1) is 9.15. The zero-order valence-corrected chi connectivity index (χ0v) is 12.7. The third kappa shape index (κ3) is 4.49. The highest BCUT2D eigenvalue weighted by Gasteiger charge is 2.17. The summed E-state index contributed by atoms with van der Waals surface area (Å²) >= 11 is 1.74. The zero-order valence-electron chi connectivity index (χ0n) is 11.9. The summed E-state index contributed by atoms with van der Waals surface area (Å²) in [6, 6.07) is 0. The smallest absolute Gasteiger partial charge is 0.191 e. The van der Waals surface area contributed by atoms with Crippen LogP contribution in [0.3, 0.4) is 0 Å². The van der Waals surface area contributed by atoms with Crippen LogP contribution >= 0.6 is 11.3 Å². The molecule has 106 valence electrons. The molecule has 0 amide bonds. The standard InChI is InChI=1S/C14H24N4S/c1-11-5-4-8-18(9-11)14(15)16-7-3-6-13-17-12(2)10-19-13/h10-11H,3-9H2,1-2H3,(H2,15,16). The molecule has 5 heteroatoms. The molecule has 1 unspecified atom stereocenters. The van der Waals surface area contributed by atoms with Gasteiger partial charge in [-0.1, -0.05) is 6.92 Å². The lowest BCUT2D eigenvalue weighted by molar-refractivity contribution is 0.270. The first-order valence-electron chi connectivity index (χ1n) is 7.11. The Labute approximate surface area is 119 Å². The molecule has 0 saturated carbocycles. The summed E-state index contributed by atoms with van der Waals surface area (Å²) in [6.07, 6.45) is 4.58. The highest BCUT2D eigenvalue weighted by Crippen LogP contribution is 2.15. The normalized spacial score (nSPS) is 20.8. The van der Waals surface area contributed by atoms with Crippen molar-refractivity contribution in [3.05, 3.63) is 16.1 Å². The van der Waals surface area contributed by atoms with Crippen LogP contribution in [0, 0.1) is 12.8 Å². The van der Waals surface area contributed by atoms with E-state index >= 15 is 0 Å². The van der Waals surface area contributed by atoms with Crippen LogP contribution in [0.5, 0.6) is 0 Å². The fourth-order valence-corrected chi connectivity index (χ4v) is 3.26. The highest BCUT2D eigenvalue weighted by atomic mass is 32.1. The van der Waals surface area contributed by atoms with Crippen LogP contribution in [0.25, 0.3) is 0 Å². The maximum absolute atomic E-state index is 6.06. The Morgan fingerprint density at radius 1 is 1.63 bits per heavy atom. The molecule has 0 aliphatic carbocycles. The number of aryl methyl sites for hydroxylation is 2. The number of guanidine groups is 1. The van der Waals surface area contributed by atoms with E-state index in [-0.39, 0.29) is 0 Å². The summed E-state index contributed by atoms with van der Waals surface area (Å²) in [5.41, 5.74) is 7.17. The lowest BCUT2D eigenvalue weighted by atomic mass is 10.0. The first kappa shape index (κ1) is 14.3. The van der Waals surface area contributed by atoms with Crippen LogP contribution in [0.1, 0.15) is 36.9 Å². The van der Waals surface area contributed by atoms with Crippen molar-refractivity contribution in [2.75, 3.05) is 19.6 Å². The summed E-state index contributed by atoms with van der Waals surface area (Å²) in [6.45, 7) is 7.24. The van der Waals surface area contributed by atoms with Crippen LogP contribution in [0.4, 0.5) is 0 Å². The zero-order chi connectivity index (χ0) is 13.7. The molecule has 1 fully saturated rings. The van der Waals surface area contributed by atoms with Crippen LogP contribution in [0.2, 0.25) is 0 Å². The van der Waals surface area contributed by atoms with Gasteiger partial charge in [-0.05, 0) is 32.1 Å².